The van der Waals surface area contributed by atoms with Gasteiger partial charge in [-0.25, -0.2) is 13.2 Å². The summed E-state index contributed by atoms with van der Waals surface area (Å²) in [6.07, 6.45) is 0. The van der Waals surface area contributed by atoms with Gasteiger partial charge >= 0.3 is 5.69 Å². The highest BCUT2D eigenvalue weighted by Gasteiger charge is 2.20. The van der Waals surface area contributed by atoms with Gasteiger partial charge in [0, 0.05) is 18.3 Å². The lowest BCUT2D eigenvalue weighted by Crippen LogP contribution is -2.29. The summed E-state index contributed by atoms with van der Waals surface area (Å²) >= 11 is 0. The number of benzene rings is 3. The highest BCUT2D eigenvalue weighted by molar-refractivity contribution is 7.92. The predicted octanol–water partition coefficient (Wildman–Crippen LogP) is 3.49. The third-order valence-electron chi connectivity index (χ3n) is 5.37. The van der Waals surface area contributed by atoms with Crippen LogP contribution in [0.2, 0.25) is 0 Å². The molecule has 0 saturated carbocycles. The van der Waals surface area contributed by atoms with E-state index in [1.165, 1.54) is 18.2 Å². The Hall–Kier alpha value is -3.85. The second-order valence-corrected chi connectivity index (χ2v) is 9.15. The van der Waals surface area contributed by atoms with Gasteiger partial charge in [-0.2, -0.15) is 0 Å². The van der Waals surface area contributed by atoms with Gasteiger partial charge in [0.05, 0.1) is 22.0 Å². The largest absolute Gasteiger partial charge is 0.335 e. The molecule has 1 atom stereocenters. The standard InChI is InChI=1S/C23H22N4O4S/c1-15(16-6-4-3-5-7-16)27(2)22(28)17-8-10-18(11-9-17)26-32(30,31)19-12-13-20-21(14-19)25-23(29)24-20/h3-15,26H,1-2H3,(H2,24,25,29). The lowest BCUT2D eigenvalue weighted by atomic mass is 10.1. The summed E-state index contributed by atoms with van der Waals surface area (Å²) < 4.78 is 28.0. The van der Waals surface area contributed by atoms with Crippen molar-refractivity contribution < 1.29 is 13.2 Å². The molecule has 4 aromatic rings. The van der Waals surface area contributed by atoms with Crippen molar-refractivity contribution in [3.05, 3.63) is 94.4 Å². The van der Waals surface area contributed by atoms with Gasteiger partial charge < -0.3 is 14.9 Å². The van der Waals surface area contributed by atoms with Gasteiger partial charge in [0.1, 0.15) is 0 Å². The Bertz CT molecular complexity index is 1420. The zero-order chi connectivity index (χ0) is 22.9. The van der Waals surface area contributed by atoms with Gasteiger partial charge in [-0.1, -0.05) is 30.3 Å². The molecule has 164 valence electrons. The summed E-state index contributed by atoms with van der Waals surface area (Å²) in [6, 6.07) is 20.2. The monoisotopic (exact) mass is 450 g/mol. The van der Waals surface area contributed by atoms with Crippen LogP contribution >= 0.6 is 0 Å². The lowest BCUT2D eigenvalue weighted by Gasteiger charge is -2.25. The van der Waals surface area contributed by atoms with Crippen molar-refractivity contribution in [2.45, 2.75) is 17.9 Å². The molecule has 0 spiro atoms. The highest BCUT2D eigenvalue weighted by Crippen LogP contribution is 2.22. The number of imidazole rings is 1. The first-order valence-corrected chi connectivity index (χ1v) is 11.4. The van der Waals surface area contributed by atoms with Gasteiger partial charge in [-0.3, -0.25) is 9.52 Å². The summed E-state index contributed by atoms with van der Waals surface area (Å²) in [5.41, 5.74) is 2.30. The summed E-state index contributed by atoms with van der Waals surface area (Å²) in [4.78, 5) is 31.0. The number of nitrogens with one attached hydrogen (secondary N) is 3. The topological polar surface area (TPSA) is 115 Å². The maximum atomic E-state index is 12.9. The van der Waals surface area contributed by atoms with E-state index in [1.54, 1.807) is 36.2 Å². The lowest BCUT2D eigenvalue weighted by molar-refractivity contribution is 0.0742. The number of rotatable bonds is 6. The molecule has 3 aromatic carbocycles. The second kappa shape index (κ2) is 8.35. The minimum absolute atomic E-state index is 0.0109. The molecule has 1 unspecified atom stereocenters. The molecule has 0 fully saturated rings. The normalized spacial score (nSPS) is 12.4. The Morgan fingerprint density at radius 3 is 2.28 bits per heavy atom. The summed E-state index contributed by atoms with van der Waals surface area (Å²) in [5.74, 6) is -0.169. The van der Waals surface area contributed by atoms with Crippen molar-refractivity contribution in [1.82, 2.24) is 14.9 Å². The molecule has 0 aliphatic carbocycles. The number of anilines is 1. The van der Waals surface area contributed by atoms with Crippen LogP contribution in [0.4, 0.5) is 5.69 Å². The quantitative estimate of drug-likeness (QED) is 0.417. The molecule has 1 amide bonds. The number of hydrogen-bond donors (Lipinski definition) is 3. The maximum absolute atomic E-state index is 12.9. The average molecular weight is 451 g/mol. The van der Waals surface area contributed by atoms with Crippen LogP contribution in [-0.4, -0.2) is 36.2 Å². The molecule has 9 heteroatoms. The molecular formula is C23H22N4O4S. The zero-order valence-electron chi connectivity index (χ0n) is 17.5. The Balaban J connectivity index is 1.50. The molecule has 0 radical (unpaired) electrons. The number of H-pyrrole nitrogens is 2. The van der Waals surface area contributed by atoms with Gasteiger partial charge in [-0.15, -0.1) is 0 Å². The van der Waals surface area contributed by atoms with E-state index in [4.69, 9.17) is 0 Å². The second-order valence-electron chi connectivity index (χ2n) is 7.47. The van der Waals surface area contributed by atoms with E-state index in [1.807, 2.05) is 37.3 Å². The molecule has 3 N–H and O–H groups in total. The number of carbonyl (C=O) groups is 1. The van der Waals surface area contributed by atoms with Crippen molar-refractivity contribution >= 4 is 32.7 Å². The zero-order valence-corrected chi connectivity index (χ0v) is 18.3. The van der Waals surface area contributed by atoms with E-state index in [2.05, 4.69) is 14.7 Å². The van der Waals surface area contributed by atoms with E-state index >= 15 is 0 Å². The van der Waals surface area contributed by atoms with Crippen LogP contribution in [0.25, 0.3) is 11.0 Å². The van der Waals surface area contributed by atoms with Gasteiger partial charge in [-0.05, 0) is 55.0 Å². The number of amides is 1. The average Bonchev–Trinajstić information content (AvgIpc) is 3.17. The molecule has 0 aliphatic rings. The van der Waals surface area contributed by atoms with Crippen LogP contribution in [0, 0.1) is 0 Å². The van der Waals surface area contributed by atoms with Crippen molar-refractivity contribution in [3.63, 3.8) is 0 Å². The van der Waals surface area contributed by atoms with E-state index < -0.39 is 15.7 Å². The number of aromatic amines is 2. The number of aromatic nitrogens is 2. The Morgan fingerprint density at radius 1 is 0.938 bits per heavy atom. The van der Waals surface area contributed by atoms with Crippen molar-refractivity contribution in [2.24, 2.45) is 0 Å². The molecule has 1 heterocycles. The molecule has 4 rings (SSSR count). The van der Waals surface area contributed by atoms with Crippen molar-refractivity contribution in [1.29, 1.82) is 0 Å². The molecule has 8 nitrogen and oxygen atoms in total. The Labute approximate surface area is 185 Å². The predicted molar refractivity (Wildman–Crippen MR) is 123 cm³/mol. The number of nitrogens with zero attached hydrogens (tertiary/aromatic N) is 1. The van der Waals surface area contributed by atoms with E-state index in [-0.39, 0.29) is 16.8 Å². The first kappa shape index (κ1) is 21.4. The van der Waals surface area contributed by atoms with Crippen LogP contribution in [-0.2, 0) is 10.0 Å². The van der Waals surface area contributed by atoms with E-state index in [9.17, 15) is 18.0 Å². The molecule has 32 heavy (non-hydrogen) atoms. The molecule has 0 bridgehead atoms. The highest BCUT2D eigenvalue weighted by atomic mass is 32.2. The van der Waals surface area contributed by atoms with Crippen LogP contribution in [0.15, 0.2) is 82.5 Å². The fraction of sp³-hybridized carbons (Fsp3) is 0.130. The number of hydrogen-bond acceptors (Lipinski definition) is 4. The third-order valence-corrected chi connectivity index (χ3v) is 6.74. The van der Waals surface area contributed by atoms with Crippen LogP contribution < -0.4 is 10.4 Å². The molecule has 0 aliphatic heterocycles. The first-order chi connectivity index (χ1) is 15.2. The van der Waals surface area contributed by atoms with Crippen LogP contribution in [0.3, 0.4) is 0 Å². The Kier molecular flexibility index (Phi) is 5.58. The summed E-state index contributed by atoms with van der Waals surface area (Å²) in [5, 5.41) is 0. The fourth-order valence-corrected chi connectivity index (χ4v) is 4.49. The fourth-order valence-electron chi connectivity index (χ4n) is 3.41. The van der Waals surface area contributed by atoms with E-state index in [0.717, 1.165) is 5.56 Å². The van der Waals surface area contributed by atoms with Crippen molar-refractivity contribution in [3.8, 4) is 0 Å². The summed E-state index contributed by atoms with van der Waals surface area (Å²) in [7, 11) is -2.14. The van der Waals surface area contributed by atoms with Crippen LogP contribution in [0.5, 0.6) is 0 Å². The number of carbonyl (C=O) groups excluding carboxylic acids is 1. The first-order valence-electron chi connectivity index (χ1n) is 9.91. The SMILES string of the molecule is CC(c1ccccc1)N(C)C(=O)c1ccc(NS(=O)(=O)c2ccc3[nH]c(=O)[nH]c3c2)cc1. The van der Waals surface area contributed by atoms with E-state index in [0.29, 0.717) is 22.3 Å². The third kappa shape index (κ3) is 4.28. The van der Waals surface area contributed by atoms with Crippen LogP contribution in [0.1, 0.15) is 28.9 Å². The maximum Gasteiger partial charge on any atom is 0.323 e. The minimum atomic E-state index is -3.88. The number of fused-ring (bicyclic) bond motifs is 1. The number of sulfonamides is 1. The van der Waals surface area contributed by atoms with Gasteiger partial charge in [0.15, 0.2) is 0 Å². The minimum Gasteiger partial charge on any atom is -0.335 e. The van der Waals surface area contributed by atoms with Crippen molar-refractivity contribution in [2.75, 3.05) is 11.8 Å². The van der Waals surface area contributed by atoms with Gasteiger partial charge in [0.2, 0.25) is 0 Å². The smallest absolute Gasteiger partial charge is 0.323 e. The Morgan fingerprint density at radius 2 is 1.59 bits per heavy atom. The molecular weight excluding hydrogens is 428 g/mol. The molecule has 0 saturated heterocycles. The van der Waals surface area contributed by atoms with Gasteiger partial charge in [0.25, 0.3) is 15.9 Å². The molecule has 1 aromatic heterocycles. The summed E-state index contributed by atoms with van der Waals surface area (Å²) in [6.45, 7) is 1.95.